The second-order valence-corrected chi connectivity index (χ2v) is 7.65. The van der Waals surface area contributed by atoms with Crippen molar-refractivity contribution in [3.63, 3.8) is 0 Å². The topological polar surface area (TPSA) is 63.2 Å². The predicted octanol–water partition coefficient (Wildman–Crippen LogP) is 2.80. The van der Waals surface area contributed by atoms with Crippen LogP contribution in [0.15, 0.2) is 4.99 Å². The number of carbonyl (C=O) groups excluding carboxylic acids is 1. The largest absolute Gasteiger partial charge is 0.469 e. The van der Waals surface area contributed by atoms with Crippen molar-refractivity contribution in [3.8, 4) is 0 Å². The van der Waals surface area contributed by atoms with E-state index in [-0.39, 0.29) is 35.9 Å². The van der Waals surface area contributed by atoms with Gasteiger partial charge in [-0.3, -0.25) is 9.79 Å². The lowest BCUT2D eigenvalue weighted by Gasteiger charge is -2.55. The number of guanidine groups is 1. The molecule has 7 heteroatoms. The van der Waals surface area contributed by atoms with Gasteiger partial charge in [-0.25, -0.2) is 0 Å². The van der Waals surface area contributed by atoms with Gasteiger partial charge in [-0.05, 0) is 39.0 Å². The fraction of sp³-hybridized carbons (Fsp3) is 0.895. The van der Waals surface area contributed by atoms with Crippen LogP contribution in [-0.2, 0) is 14.3 Å². The third-order valence-electron chi connectivity index (χ3n) is 6.53. The van der Waals surface area contributed by atoms with Gasteiger partial charge in [-0.2, -0.15) is 0 Å². The van der Waals surface area contributed by atoms with Gasteiger partial charge in [0.2, 0.25) is 0 Å². The molecular formula is C19H34IN3O3. The number of piperidine rings is 1. The summed E-state index contributed by atoms with van der Waals surface area (Å²) in [5.41, 5.74) is 0.302. The average molecular weight is 479 g/mol. The average Bonchev–Trinajstić information content (AvgIpc) is 3.17. The van der Waals surface area contributed by atoms with Gasteiger partial charge in [-0.15, -0.1) is 24.0 Å². The van der Waals surface area contributed by atoms with E-state index in [1.807, 2.05) is 7.05 Å². The van der Waals surface area contributed by atoms with Crippen molar-refractivity contribution >= 4 is 35.9 Å². The fourth-order valence-electron chi connectivity index (χ4n) is 5.04. The minimum atomic E-state index is -0.0777. The predicted molar refractivity (Wildman–Crippen MR) is 113 cm³/mol. The Balaban J connectivity index is 0.00000243. The molecule has 6 nitrogen and oxygen atoms in total. The third kappa shape index (κ3) is 4.13. The summed E-state index contributed by atoms with van der Waals surface area (Å²) in [6.07, 6.45) is 8.30. The van der Waals surface area contributed by atoms with Crippen LogP contribution in [0.3, 0.4) is 0 Å². The van der Waals surface area contributed by atoms with Crippen LogP contribution in [0.25, 0.3) is 0 Å². The number of rotatable bonds is 4. The van der Waals surface area contributed by atoms with Gasteiger partial charge >= 0.3 is 5.97 Å². The Morgan fingerprint density at radius 2 is 1.92 bits per heavy atom. The van der Waals surface area contributed by atoms with E-state index in [1.54, 1.807) is 0 Å². The number of ether oxygens (including phenoxy) is 2. The van der Waals surface area contributed by atoms with Gasteiger partial charge in [0.05, 0.1) is 19.1 Å². The summed E-state index contributed by atoms with van der Waals surface area (Å²) in [5.74, 6) is 0.937. The van der Waals surface area contributed by atoms with E-state index in [1.165, 1.54) is 32.8 Å². The van der Waals surface area contributed by atoms with Gasteiger partial charge in [0, 0.05) is 38.2 Å². The van der Waals surface area contributed by atoms with E-state index in [2.05, 4.69) is 22.1 Å². The van der Waals surface area contributed by atoms with Crippen LogP contribution >= 0.6 is 24.0 Å². The molecule has 2 aliphatic carbocycles. The molecule has 2 atom stereocenters. The molecule has 0 amide bonds. The lowest BCUT2D eigenvalue weighted by Crippen LogP contribution is -2.65. The highest BCUT2D eigenvalue weighted by Crippen LogP contribution is 2.54. The van der Waals surface area contributed by atoms with Crippen LogP contribution in [0.5, 0.6) is 0 Å². The first-order chi connectivity index (χ1) is 12.1. The highest BCUT2D eigenvalue weighted by atomic mass is 127. The van der Waals surface area contributed by atoms with Gasteiger partial charge in [0.25, 0.3) is 0 Å². The van der Waals surface area contributed by atoms with Gasteiger partial charge < -0.3 is 19.7 Å². The number of esters is 1. The molecule has 3 fully saturated rings. The minimum absolute atomic E-state index is 0. The first-order valence-electron chi connectivity index (χ1n) is 9.82. The molecule has 3 rings (SSSR count). The number of methoxy groups -OCH3 is 1. The number of halogens is 1. The minimum Gasteiger partial charge on any atom is -0.469 e. The number of hydrogen-bond donors (Lipinski definition) is 1. The highest BCUT2D eigenvalue weighted by molar-refractivity contribution is 14.0. The quantitative estimate of drug-likeness (QED) is 0.291. The molecular weight excluding hydrogens is 445 g/mol. The zero-order chi connectivity index (χ0) is 17.9. The number of nitrogens with zero attached hydrogens (tertiary/aromatic N) is 2. The molecule has 150 valence electrons. The molecule has 0 bridgehead atoms. The van der Waals surface area contributed by atoms with Crippen molar-refractivity contribution in [2.75, 3.05) is 33.9 Å². The van der Waals surface area contributed by atoms with Crippen LogP contribution in [-0.4, -0.2) is 62.8 Å². The second kappa shape index (κ2) is 9.57. The maximum atomic E-state index is 11.7. The van der Waals surface area contributed by atoms with Crippen molar-refractivity contribution in [1.82, 2.24) is 10.2 Å². The van der Waals surface area contributed by atoms with Crippen LogP contribution in [0.1, 0.15) is 51.9 Å². The molecule has 0 radical (unpaired) electrons. The number of likely N-dealkylation sites (tertiary alicyclic amines) is 1. The van der Waals surface area contributed by atoms with Crippen molar-refractivity contribution in [3.05, 3.63) is 0 Å². The summed E-state index contributed by atoms with van der Waals surface area (Å²) in [7, 11) is 3.33. The van der Waals surface area contributed by atoms with Crippen molar-refractivity contribution < 1.29 is 14.3 Å². The summed E-state index contributed by atoms with van der Waals surface area (Å²) in [5, 5.41) is 3.73. The Labute approximate surface area is 174 Å². The Kier molecular flexibility index (Phi) is 8.00. The van der Waals surface area contributed by atoms with E-state index in [0.717, 1.165) is 44.9 Å². The SMILES string of the molecule is CCOC1CC(NC(=NC)N2CCC(C(=O)OC)CC2)C12CCCC2.I. The molecule has 2 saturated carbocycles. The molecule has 1 saturated heterocycles. The molecule has 0 aromatic rings. The third-order valence-corrected chi connectivity index (χ3v) is 6.53. The summed E-state index contributed by atoms with van der Waals surface area (Å²) in [6, 6.07) is 0.462. The number of aliphatic imine (C=N–C) groups is 1. The lowest BCUT2D eigenvalue weighted by molar-refractivity contribution is -0.146. The summed E-state index contributed by atoms with van der Waals surface area (Å²) >= 11 is 0. The molecule has 1 N–H and O–H groups in total. The molecule has 2 unspecified atom stereocenters. The van der Waals surface area contributed by atoms with E-state index >= 15 is 0 Å². The smallest absolute Gasteiger partial charge is 0.308 e. The second-order valence-electron chi connectivity index (χ2n) is 7.65. The number of hydrogen-bond acceptors (Lipinski definition) is 4. The Hall–Kier alpha value is -0.570. The van der Waals surface area contributed by atoms with Crippen LogP contribution < -0.4 is 5.32 Å². The maximum absolute atomic E-state index is 11.7. The zero-order valence-electron chi connectivity index (χ0n) is 16.3. The first kappa shape index (κ1) is 21.7. The lowest BCUT2D eigenvalue weighted by atomic mass is 9.60. The standard InChI is InChI=1S/C19H33N3O3.HI/c1-4-25-16-13-15(19(16)9-5-6-10-19)21-18(20-2)22-11-7-14(8-12-22)17(23)24-3;/h14-16H,4-13H2,1-3H3,(H,20,21);1H. The van der Waals surface area contributed by atoms with E-state index in [4.69, 9.17) is 9.47 Å². The number of nitrogens with one attached hydrogen (secondary N) is 1. The van der Waals surface area contributed by atoms with E-state index in [9.17, 15) is 4.79 Å². The molecule has 26 heavy (non-hydrogen) atoms. The first-order valence-corrected chi connectivity index (χ1v) is 9.82. The van der Waals surface area contributed by atoms with Crippen molar-refractivity contribution in [2.24, 2.45) is 16.3 Å². The monoisotopic (exact) mass is 479 g/mol. The molecule has 0 aromatic heterocycles. The molecule has 0 aromatic carbocycles. The van der Waals surface area contributed by atoms with Crippen LogP contribution in [0.4, 0.5) is 0 Å². The molecule has 1 aliphatic heterocycles. The van der Waals surface area contributed by atoms with Gasteiger partial charge in [0.15, 0.2) is 5.96 Å². The van der Waals surface area contributed by atoms with Crippen molar-refractivity contribution in [2.45, 2.75) is 64.0 Å². The number of carbonyl (C=O) groups is 1. The van der Waals surface area contributed by atoms with Crippen LogP contribution in [0, 0.1) is 11.3 Å². The maximum Gasteiger partial charge on any atom is 0.308 e. The van der Waals surface area contributed by atoms with Gasteiger partial charge in [0.1, 0.15) is 0 Å². The van der Waals surface area contributed by atoms with E-state index < -0.39 is 0 Å². The summed E-state index contributed by atoms with van der Waals surface area (Å²) in [6.45, 7) is 4.60. The molecule has 1 spiro atoms. The summed E-state index contributed by atoms with van der Waals surface area (Å²) in [4.78, 5) is 18.5. The zero-order valence-corrected chi connectivity index (χ0v) is 18.7. The Morgan fingerprint density at radius 3 is 2.46 bits per heavy atom. The Bertz CT molecular complexity index is 500. The van der Waals surface area contributed by atoms with Gasteiger partial charge in [-0.1, -0.05) is 12.8 Å². The highest BCUT2D eigenvalue weighted by Gasteiger charge is 2.57. The van der Waals surface area contributed by atoms with Crippen molar-refractivity contribution in [1.29, 1.82) is 0 Å². The summed E-state index contributed by atoms with van der Waals surface area (Å²) < 4.78 is 10.9. The fourth-order valence-corrected chi connectivity index (χ4v) is 5.04. The molecule has 1 heterocycles. The molecule has 3 aliphatic rings. The Morgan fingerprint density at radius 1 is 1.27 bits per heavy atom. The van der Waals surface area contributed by atoms with Crippen LogP contribution in [0.2, 0.25) is 0 Å². The van der Waals surface area contributed by atoms with E-state index in [0.29, 0.717) is 17.6 Å². The normalized spacial score (nSPS) is 28.4.